The van der Waals surface area contributed by atoms with Crippen LogP contribution in [0.15, 0.2) is 27.6 Å². The number of hydrogen-bond donors (Lipinski definition) is 3. The number of fused-ring (bicyclic) bond motifs is 1. The van der Waals surface area contributed by atoms with Gasteiger partial charge in [-0.25, -0.2) is 9.38 Å². The minimum atomic E-state index is -0.274. The standard InChI is InChI=1S/C20H28FN3O3.HI/c1-3-22-19(24-12-20(6-8-25)7-9-26-13-20)23-11-18-14(2)16-10-15(21)4-5-17(16)27-18;/h4-5,10,25H,3,6-9,11-13H2,1-2H3,(H2,22,23,24);1H. The lowest BCUT2D eigenvalue weighted by atomic mass is 9.84. The molecule has 28 heavy (non-hydrogen) atoms. The molecular formula is C20H29FIN3O3. The summed E-state index contributed by atoms with van der Waals surface area (Å²) in [6.45, 7) is 7.23. The molecule has 3 N–H and O–H groups in total. The minimum Gasteiger partial charge on any atom is -0.459 e. The normalized spacial score (nSPS) is 19.6. The topological polar surface area (TPSA) is 79.0 Å². The van der Waals surface area contributed by atoms with Gasteiger partial charge in [0.05, 0.1) is 6.61 Å². The lowest BCUT2D eigenvalue weighted by molar-refractivity contribution is 0.127. The zero-order chi connectivity index (χ0) is 19.3. The summed E-state index contributed by atoms with van der Waals surface area (Å²) in [5, 5.41) is 16.7. The number of aryl methyl sites for hydroxylation is 1. The van der Waals surface area contributed by atoms with Gasteiger partial charge in [-0.05, 0) is 44.9 Å². The Morgan fingerprint density at radius 2 is 2.18 bits per heavy atom. The highest BCUT2D eigenvalue weighted by Gasteiger charge is 2.34. The van der Waals surface area contributed by atoms with Gasteiger partial charge < -0.3 is 24.9 Å². The van der Waals surface area contributed by atoms with Crippen molar-refractivity contribution in [2.24, 2.45) is 10.4 Å². The summed E-state index contributed by atoms with van der Waals surface area (Å²) in [6, 6.07) is 4.53. The number of aliphatic hydroxyl groups excluding tert-OH is 1. The highest BCUT2D eigenvalue weighted by atomic mass is 127. The maximum absolute atomic E-state index is 13.5. The summed E-state index contributed by atoms with van der Waals surface area (Å²) in [5.74, 6) is 1.14. The Morgan fingerprint density at radius 1 is 1.36 bits per heavy atom. The Kier molecular flexibility index (Phi) is 8.51. The molecule has 0 bridgehead atoms. The molecule has 0 amide bonds. The van der Waals surface area contributed by atoms with Gasteiger partial charge in [0.25, 0.3) is 0 Å². The van der Waals surface area contributed by atoms with Gasteiger partial charge in [0.1, 0.15) is 23.7 Å². The summed E-state index contributed by atoms with van der Waals surface area (Å²) >= 11 is 0. The van der Waals surface area contributed by atoms with E-state index in [1.807, 2.05) is 13.8 Å². The third-order valence-corrected chi connectivity index (χ3v) is 5.18. The first-order valence-corrected chi connectivity index (χ1v) is 9.45. The van der Waals surface area contributed by atoms with Crippen LogP contribution in [0.5, 0.6) is 0 Å². The van der Waals surface area contributed by atoms with E-state index >= 15 is 0 Å². The van der Waals surface area contributed by atoms with Gasteiger partial charge in [0.2, 0.25) is 0 Å². The molecule has 3 rings (SSSR count). The molecule has 6 nitrogen and oxygen atoms in total. The Labute approximate surface area is 181 Å². The average molecular weight is 505 g/mol. The van der Waals surface area contributed by atoms with E-state index in [9.17, 15) is 9.50 Å². The smallest absolute Gasteiger partial charge is 0.191 e. The summed E-state index contributed by atoms with van der Waals surface area (Å²) < 4.78 is 24.8. The van der Waals surface area contributed by atoms with Crippen LogP contribution in [0.1, 0.15) is 31.1 Å². The number of rotatable bonds is 7. The fraction of sp³-hybridized carbons (Fsp3) is 0.550. The number of halogens is 2. The molecule has 0 spiro atoms. The van der Waals surface area contributed by atoms with E-state index in [2.05, 4.69) is 15.6 Å². The van der Waals surface area contributed by atoms with Crippen LogP contribution in [0.2, 0.25) is 0 Å². The number of benzene rings is 1. The fourth-order valence-corrected chi connectivity index (χ4v) is 3.47. The summed E-state index contributed by atoms with van der Waals surface area (Å²) in [7, 11) is 0. The van der Waals surface area contributed by atoms with Crippen LogP contribution in [0.25, 0.3) is 11.0 Å². The highest BCUT2D eigenvalue weighted by molar-refractivity contribution is 14.0. The maximum atomic E-state index is 13.5. The largest absolute Gasteiger partial charge is 0.459 e. The van der Waals surface area contributed by atoms with E-state index in [1.54, 1.807) is 6.07 Å². The van der Waals surface area contributed by atoms with Crippen LogP contribution < -0.4 is 10.6 Å². The number of furan rings is 1. The van der Waals surface area contributed by atoms with Crippen molar-refractivity contribution in [3.63, 3.8) is 0 Å². The molecule has 8 heteroatoms. The molecule has 1 aliphatic heterocycles. The number of aliphatic imine (C=N–C) groups is 1. The molecule has 1 saturated heterocycles. The Hall–Kier alpha value is -1.39. The molecule has 2 heterocycles. The van der Waals surface area contributed by atoms with Crippen molar-refractivity contribution in [1.29, 1.82) is 0 Å². The molecule has 0 radical (unpaired) electrons. The lowest BCUT2D eigenvalue weighted by Crippen LogP contribution is -2.44. The van der Waals surface area contributed by atoms with E-state index < -0.39 is 0 Å². The minimum absolute atomic E-state index is 0. The van der Waals surface area contributed by atoms with Gasteiger partial charge in [0, 0.05) is 42.7 Å². The van der Waals surface area contributed by atoms with Crippen LogP contribution in [-0.2, 0) is 11.3 Å². The van der Waals surface area contributed by atoms with Crippen LogP contribution in [0, 0.1) is 18.2 Å². The predicted molar refractivity (Wildman–Crippen MR) is 119 cm³/mol. The second kappa shape index (κ2) is 10.4. The number of guanidine groups is 1. The highest BCUT2D eigenvalue weighted by Crippen LogP contribution is 2.31. The van der Waals surface area contributed by atoms with E-state index in [0.29, 0.717) is 37.7 Å². The zero-order valence-corrected chi connectivity index (χ0v) is 18.7. The van der Waals surface area contributed by atoms with Crippen molar-refractivity contribution in [2.75, 3.05) is 32.9 Å². The van der Waals surface area contributed by atoms with Crippen molar-refractivity contribution in [1.82, 2.24) is 10.6 Å². The number of nitrogens with zero attached hydrogens (tertiary/aromatic N) is 1. The van der Waals surface area contributed by atoms with Gasteiger partial charge >= 0.3 is 0 Å². The summed E-state index contributed by atoms with van der Waals surface area (Å²) in [6.07, 6.45) is 1.63. The molecule has 1 aromatic carbocycles. The van der Waals surface area contributed by atoms with Crippen molar-refractivity contribution in [2.45, 2.75) is 33.2 Å². The number of hydrogen-bond acceptors (Lipinski definition) is 4. The third kappa shape index (κ3) is 5.36. The van der Waals surface area contributed by atoms with Gasteiger partial charge in [-0.2, -0.15) is 0 Å². The van der Waals surface area contributed by atoms with E-state index in [-0.39, 0.29) is 41.8 Å². The van der Waals surface area contributed by atoms with Crippen LogP contribution in [-0.4, -0.2) is 44.0 Å². The van der Waals surface area contributed by atoms with Gasteiger partial charge in [0.15, 0.2) is 5.96 Å². The van der Waals surface area contributed by atoms with Crippen LogP contribution in [0.4, 0.5) is 4.39 Å². The van der Waals surface area contributed by atoms with Crippen LogP contribution >= 0.6 is 24.0 Å². The second-order valence-corrected chi connectivity index (χ2v) is 7.12. The van der Waals surface area contributed by atoms with Gasteiger partial charge in [-0.15, -0.1) is 24.0 Å². The first kappa shape index (κ1) is 22.9. The van der Waals surface area contributed by atoms with Crippen molar-refractivity contribution in [3.8, 4) is 0 Å². The van der Waals surface area contributed by atoms with Crippen molar-refractivity contribution >= 4 is 40.9 Å². The lowest BCUT2D eigenvalue weighted by Gasteiger charge is -2.27. The Balaban J connectivity index is 0.00000280. The van der Waals surface area contributed by atoms with E-state index in [0.717, 1.165) is 36.3 Å². The molecule has 0 aliphatic carbocycles. The SMILES string of the molecule is CCNC(=NCc1oc2ccc(F)cc2c1C)NCC1(CCO)CCOC1.I. The molecular weight excluding hydrogens is 476 g/mol. The molecule has 2 aromatic rings. The first-order valence-electron chi connectivity index (χ1n) is 9.45. The van der Waals surface area contributed by atoms with Crippen molar-refractivity contribution < 1.29 is 18.7 Å². The van der Waals surface area contributed by atoms with Gasteiger partial charge in [-0.1, -0.05) is 0 Å². The number of nitrogens with one attached hydrogen (secondary N) is 2. The summed E-state index contributed by atoms with van der Waals surface area (Å²) in [4.78, 5) is 4.62. The molecule has 1 aromatic heterocycles. The fourth-order valence-electron chi connectivity index (χ4n) is 3.47. The molecule has 1 atom stereocenters. The van der Waals surface area contributed by atoms with E-state index in [4.69, 9.17) is 9.15 Å². The van der Waals surface area contributed by atoms with E-state index in [1.165, 1.54) is 12.1 Å². The molecule has 1 unspecified atom stereocenters. The molecule has 156 valence electrons. The summed E-state index contributed by atoms with van der Waals surface area (Å²) in [5.41, 5.74) is 1.52. The predicted octanol–water partition coefficient (Wildman–Crippen LogP) is 3.34. The Bertz CT molecular complexity index is 803. The number of ether oxygens (including phenoxy) is 1. The van der Waals surface area contributed by atoms with Crippen molar-refractivity contribution in [3.05, 3.63) is 35.3 Å². The van der Waals surface area contributed by atoms with Crippen LogP contribution in [0.3, 0.4) is 0 Å². The molecule has 1 aliphatic rings. The second-order valence-electron chi connectivity index (χ2n) is 7.12. The molecule has 0 saturated carbocycles. The third-order valence-electron chi connectivity index (χ3n) is 5.18. The zero-order valence-electron chi connectivity index (χ0n) is 16.4. The molecule has 1 fully saturated rings. The average Bonchev–Trinajstić information content (AvgIpc) is 3.24. The quantitative estimate of drug-likeness (QED) is 0.306. The first-order chi connectivity index (χ1) is 13.1. The van der Waals surface area contributed by atoms with Gasteiger partial charge in [-0.3, -0.25) is 0 Å². The number of aliphatic hydroxyl groups is 1. The Morgan fingerprint density at radius 3 is 2.86 bits per heavy atom. The maximum Gasteiger partial charge on any atom is 0.191 e. The monoisotopic (exact) mass is 505 g/mol.